The summed E-state index contributed by atoms with van der Waals surface area (Å²) in [4.78, 5) is 0. The van der Waals surface area contributed by atoms with Crippen molar-refractivity contribution in [1.82, 2.24) is 0 Å². The van der Waals surface area contributed by atoms with E-state index in [1.54, 1.807) is 6.08 Å². The average Bonchev–Trinajstić information content (AvgIpc) is 2.12. The van der Waals surface area contributed by atoms with Gasteiger partial charge in [0.1, 0.15) is 5.76 Å². The normalized spacial score (nSPS) is 34.8. The lowest BCUT2D eigenvalue weighted by Crippen LogP contribution is -2.37. The van der Waals surface area contributed by atoms with E-state index >= 15 is 0 Å². The summed E-state index contributed by atoms with van der Waals surface area (Å²) in [6.45, 7) is 7.59. The Balaban J connectivity index is 3.14. The molecule has 2 nitrogen and oxygen atoms in total. The molecule has 0 fully saturated rings. The Labute approximate surface area is 79.6 Å². The fraction of sp³-hybridized carbons (Fsp3) is 0.636. The molecule has 0 heterocycles. The molecule has 13 heavy (non-hydrogen) atoms. The van der Waals surface area contributed by atoms with Gasteiger partial charge in [0.15, 0.2) is 0 Å². The van der Waals surface area contributed by atoms with Gasteiger partial charge in [-0.05, 0) is 37.5 Å². The standard InChI is InChI=1S/C11H18O2/c1-5-11(13)6-7(2)10(12)8(3)9(11)4/h6,9,12-13H,5H2,1-4H3. The molecule has 0 amide bonds. The molecule has 1 aliphatic carbocycles. The summed E-state index contributed by atoms with van der Waals surface area (Å²) in [5, 5.41) is 19.8. The fourth-order valence-corrected chi connectivity index (χ4v) is 1.87. The molecule has 2 N–H and O–H groups in total. The van der Waals surface area contributed by atoms with Crippen LogP contribution in [0.15, 0.2) is 23.0 Å². The molecule has 2 atom stereocenters. The maximum absolute atomic E-state index is 10.2. The van der Waals surface area contributed by atoms with Crippen LogP contribution in [0.2, 0.25) is 0 Å². The Morgan fingerprint density at radius 3 is 2.46 bits per heavy atom. The number of hydrogen-bond acceptors (Lipinski definition) is 2. The van der Waals surface area contributed by atoms with Gasteiger partial charge in [-0.15, -0.1) is 0 Å². The summed E-state index contributed by atoms with van der Waals surface area (Å²) in [5.41, 5.74) is 0.879. The van der Waals surface area contributed by atoms with Crippen molar-refractivity contribution in [2.45, 2.75) is 39.7 Å². The second-order valence-corrected chi connectivity index (χ2v) is 3.93. The van der Waals surface area contributed by atoms with Gasteiger partial charge in [0.25, 0.3) is 0 Å². The summed E-state index contributed by atoms with van der Waals surface area (Å²) < 4.78 is 0. The van der Waals surface area contributed by atoms with Crippen molar-refractivity contribution in [3.8, 4) is 0 Å². The molecule has 2 heteroatoms. The summed E-state index contributed by atoms with van der Waals surface area (Å²) in [6.07, 6.45) is 2.44. The van der Waals surface area contributed by atoms with Crippen LogP contribution in [-0.4, -0.2) is 15.8 Å². The third-order valence-corrected chi connectivity index (χ3v) is 3.18. The highest BCUT2D eigenvalue weighted by molar-refractivity contribution is 5.37. The lowest BCUT2D eigenvalue weighted by molar-refractivity contribution is 0.0407. The minimum Gasteiger partial charge on any atom is -0.508 e. The van der Waals surface area contributed by atoms with E-state index in [1.807, 2.05) is 27.7 Å². The molecule has 0 aromatic rings. The molecule has 0 saturated heterocycles. The zero-order valence-corrected chi connectivity index (χ0v) is 8.76. The summed E-state index contributed by atoms with van der Waals surface area (Å²) in [5.74, 6) is 0.340. The zero-order valence-electron chi connectivity index (χ0n) is 8.76. The number of rotatable bonds is 1. The second-order valence-electron chi connectivity index (χ2n) is 3.93. The molecule has 1 rings (SSSR count). The quantitative estimate of drug-likeness (QED) is 0.654. The predicted molar refractivity (Wildman–Crippen MR) is 53.5 cm³/mol. The SMILES string of the molecule is CCC1(O)C=C(C)C(O)=C(C)C1C. The van der Waals surface area contributed by atoms with Gasteiger partial charge >= 0.3 is 0 Å². The van der Waals surface area contributed by atoms with Crippen molar-refractivity contribution in [2.75, 3.05) is 0 Å². The molecule has 0 aliphatic heterocycles. The van der Waals surface area contributed by atoms with Crippen LogP contribution in [0, 0.1) is 5.92 Å². The highest BCUT2D eigenvalue weighted by Gasteiger charge is 2.35. The van der Waals surface area contributed by atoms with Crippen LogP contribution in [0.5, 0.6) is 0 Å². The van der Waals surface area contributed by atoms with E-state index in [-0.39, 0.29) is 5.92 Å². The third kappa shape index (κ3) is 1.51. The van der Waals surface area contributed by atoms with E-state index in [1.165, 1.54) is 0 Å². The molecule has 0 aromatic heterocycles. The van der Waals surface area contributed by atoms with E-state index in [0.717, 1.165) is 11.1 Å². The van der Waals surface area contributed by atoms with E-state index in [2.05, 4.69) is 0 Å². The topological polar surface area (TPSA) is 40.5 Å². The van der Waals surface area contributed by atoms with Crippen molar-refractivity contribution in [2.24, 2.45) is 5.92 Å². The molecule has 74 valence electrons. The summed E-state index contributed by atoms with van der Waals surface area (Å²) >= 11 is 0. The Morgan fingerprint density at radius 1 is 1.46 bits per heavy atom. The monoisotopic (exact) mass is 182 g/mol. The molecule has 0 aromatic carbocycles. The number of aliphatic hydroxyl groups is 2. The molecule has 1 aliphatic rings. The minimum absolute atomic E-state index is 0.00111. The number of hydrogen-bond donors (Lipinski definition) is 2. The Hall–Kier alpha value is -0.760. The van der Waals surface area contributed by atoms with E-state index in [0.29, 0.717) is 12.2 Å². The molecule has 2 unspecified atom stereocenters. The van der Waals surface area contributed by atoms with Gasteiger partial charge in [-0.2, -0.15) is 0 Å². The van der Waals surface area contributed by atoms with Crippen LogP contribution in [0.4, 0.5) is 0 Å². The van der Waals surface area contributed by atoms with Crippen LogP contribution >= 0.6 is 0 Å². The van der Waals surface area contributed by atoms with Crippen molar-refractivity contribution in [1.29, 1.82) is 0 Å². The Bertz CT molecular complexity index is 276. The third-order valence-electron chi connectivity index (χ3n) is 3.18. The zero-order chi connectivity index (χ0) is 10.2. The van der Waals surface area contributed by atoms with E-state index in [9.17, 15) is 10.2 Å². The molecule has 0 saturated carbocycles. The maximum atomic E-state index is 10.2. The maximum Gasteiger partial charge on any atom is 0.117 e. The van der Waals surface area contributed by atoms with Crippen LogP contribution < -0.4 is 0 Å². The predicted octanol–water partition coefficient (Wildman–Crippen LogP) is 2.56. The van der Waals surface area contributed by atoms with Gasteiger partial charge in [0.2, 0.25) is 0 Å². The van der Waals surface area contributed by atoms with Crippen LogP contribution in [-0.2, 0) is 0 Å². The van der Waals surface area contributed by atoms with Gasteiger partial charge in [0.05, 0.1) is 5.60 Å². The van der Waals surface area contributed by atoms with Crippen LogP contribution in [0.1, 0.15) is 34.1 Å². The largest absolute Gasteiger partial charge is 0.508 e. The van der Waals surface area contributed by atoms with E-state index in [4.69, 9.17) is 0 Å². The van der Waals surface area contributed by atoms with Gasteiger partial charge < -0.3 is 10.2 Å². The highest BCUT2D eigenvalue weighted by Crippen LogP contribution is 2.37. The molecule has 0 bridgehead atoms. The van der Waals surface area contributed by atoms with E-state index < -0.39 is 5.60 Å². The van der Waals surface area contributed by atoms with Gasteiger partial charge in [-0.1, -0.05) is 13.8 Å². The van der Waals surface area contributed by atoms with Crippen molar-refractivity contribution in [3.63, 3.8) is 0 Å². The van der Waals surface area contributed by atoms with Gasteiger partial charge in [0, 0.05) is 5.92 Å². The number of allylic oxidation sites excluding steroid dienone is 1. The fourth-order valence-electron chi connectivity index (χ4n) is 1.87. The van der Waals surface area contributed by atoms with Crippen LogP contribution in [0.3, 0.4) is 0 Å². The lowest BCUT2D eigenvalue weighted by Gasteiger charge is -2.35. The number of aliphatic hydroxyl groups excluding tert-OH is 1. The first-order valence-corrected chi connectivity index (χ1v) is 4.74. The molecular formula is C11H18O2. The first-order chi connectivity index (χ1) is 5.92. The van der Waals surface area contributed by atoms with Gasteiger partial charge in [-0.3, -0.25) is 0 Å². The summed E-state index contributed by atoms with van der Waals surface area (Å²) in [7, 11) is 0. The van der Waals surface area contributed by atoms with Crippen molar-refractivity contribution >= 4 is 0 Å². The Morgan fingerprint density at radius 2 is 2.00 bits per heavy atom. The van der Waals surface area contributed by atoms with Crippen LogP contribution in [0.25, 0.3) is 0 Å². The summed E-state index contributed by atoms with van der Waals surface area (Å²) in [6, 6.07) is 0. The minimum atomic E-state index is -0.777. The van der Waals surface area contributed by atoms with Gasteiger partial charge in [-0.25, -0.2) is 0 Å². The second kappa shape index (κ2) is 3.18. The first-order valence-electron chi connectivity index (χ1n) is 4.74. The van der Waals surface area contributed by atoms with Crippen molar-refractivity contribution < 1.29 is 10.2 Å². The smallest absolute Gasteiger partial charge is 0.117 e. The lowest BCUT2D eigenvalue weighted by atomic mass is 9.76. The molecular weight excluding hydrogens is 164 g/mol. The average molecular weight is 182 g/mol. The van der Waals surface area contributed by atoms with Crippen molar-refractivity contribution in [3.05, 3.63) is 23.0 Å². The Kier molecular flexibility index (Phi) is 2.53. The first kappa shape index (κ1) is 10.3. The molecule has 0 spiro atoms. The molecule has 0 radical (unpaired) electrons. The highest BCUT2D eigenvalue weighted by atomic mass is 16.3.